The Morgan fingerprint density at radius 3 is 2.46 bits per heavy atom. The molecule has 0 saturated heterocycles. The molecular weight excluding hydrogens is 381 g/mol. The molecule has 0 N–H and O–H groups in total. The number of rotatable bonds is 6. The zero-order valence-electron chi connectivity index (χ0n) is 12.2. The molecule has 2 rings (SSSR count). The van der Waals surface area contributed by atoms with E-state index in [9.17, 15) is 14.9 Å². The molecule has 0 aliphatic carbocycles. The predicted octanol–water partition coefficient (Wildman–Crippen LogP) is 5.23. The number of nitro benzene ring substituents is 1. The van der Waals surface area contributed by atoms with Gasteiger partial charge in [-0.25, -0.2) is 0 Å². The maximum atomic E-state index is 11.1. The van der Waals surface area contributed by atoms with Crippen molar-refractivity contribution in [3.05, 3.63) is 56.6 Å². The first-order chi connectivity index (χ1) is 11.3. The van der Waals surface area contributed by atoms with Crippen LogP contribution in [0, 0.1) is 10.1 Å². The molecule has 0 saturated carbocycles. The Hall–Kier alpha value is -2.02. The van der Waals surface area contributed by atoms with E-state index in [-0.39, 0.29) is 22.2 Å². The van der Waals surface area contributed by atoms with Gasteiger partial charge < -0.3 is 9.47 Å². The van der Waals surface area contributed by atoms with E-state index in [0.717, 1.165) is 0 Å². The largest absolute Gasteiger partial charge is 0.474 e. The van der Waals surface area contributed by atoms with Crippen LogP contribution in [0.3, 0.4) is 0 Å². The molecule has 9 heteroatoms. The quantitative estimate of drug-likeness (QED) is 0.383. The lowest BCUT2D eigenvalue weighted by atomic mass is 10.2. The molecule has 0 radical (unpaired) electrons. The molecule has 0 heterocycles. The van der Waals surface area contributed by atoms with Gasteiger partial charge in [0, 0.05) is 17.2 Å². The third kappa shape index (κ3) is 4.50. The lowest BCUT2D eigenvalue weighted by Gasteiger charge is -2.13. The van der Waals surface area contributed by atoms with Crippen LogP contribution in [0.25, 0.3) is 0 Å². The number of halogens is 3. The van der Waals surface area contributed by atoms with Crippen molar-refractivity contribution in [3.63, 3.8) is 0 Å². The van der Waals surface area contributed by atoms with Crippen LogP contribution in [0.1, 0.15) is 6.92 Å². The number of benzene rings is 2. The van der Waals surface area contributed by atoms with Crippen LogP contribution in [-0.2, 0) is 4.79 Å². The van der Waals surface area contributed by atoms with E-state index in [1.165, 1.54) is 31.2 Å². The summed E-state index contributed by atoms with van der Waals surface area (Å²) in [5.41, 5.74) is -0.325. The van der Waals surface area contributed by atoms with Crippen LogP contribution >= 0.6 is 34.8 Å². The highest BCUT2D eigenvalue weighted by molar-refractivity contribution is 6.64. The van der Waals surface area contributed by atoms with Gasteiger partial charge in [0.2, 0.25) is 5.75 Å². The topological polar surface area (TPSA) is 78.7 Å². The predicted molar refractivity (Wildman–Crippen MR) is 90.6 cm³/mol. The SMILES string of the molecule is CC(Oc1cc(Oc2ccc(Cl)cc2Cl)ccc1[N+](=O)[O-])C(=O)Cl. The second-order valence-electron chi connectivity index (χ2n) is 4.63. The number of nitro groups is 1. The van der Waals surface area contributed by atoms with Crippen LogP contribution < -0.4 is 9.47 Å². The Labute approximate surface area is 152 Å². The Bertz CT molecular complexity index is 797. The third-order valence-electron chi connectivity index (χ3n) is 2.87. The van der Waals surface area contributed by atoms with E-state index >= 15 is 0 Å². The average molecular weight is 391 g/mol. The normalized spacial score (nSPS) is 11.7. The summed E-state index contributed by atoms with van der Waals surface area (Å²) in [5.74, 6) is 0.389. The number of nitrogens with zero attached hydrogens (tertiary/aromatic N) is 1. The maximum Gasteiger partial charge on any atom is 0.311 e. The molecule has 1 atom stereocenters. The summed E-state index contributed by atoms with van der Waals surface area (Å²) in [4.78, 5) is 21.5. The molecule has 6 nitrogen and oxygen atoms in total. The van der Waals surface area contributed by atoms with Crippen molar-refractivity contribution in [2.24, 2.45) is 0 Å². The van der Waals surface area contributed by atoms with Gasteiger partial charge in [-0.3, -0.25) is 14.9 Å². The summed E-state index contributed by atoms with van der Waals surface area (Å²) in [7, 11) is 0. The molecule has 0 amide bonds. The summed E-state index contributed by atoms with van der Waals surface area (Å²) in [6.45, 7) is 1.38. The molecule has 0 bridgehead atoms. The zero-order valence-corrected chi connectivity index (χ0v) is 14.4. The van der Waals surface area contributed by atoms with Gasteiger partial charge in [0.25, 0.3) is 5.24 Å². The highest BCUT2D eigenvalue weighted by Gasteiger charge is 2.21. The van der Waals surface area contributed by atoms with E-state index in [4.69, 9.17) is 44.3 Å². The summed E-state index contributed by atoms with van der Waals surface area (Å²) in [6.07, 6.45) is -1.06. The van der Waals surface area contributed by atoms with Gasteiger partial charge in [0.15, 0.2) is 6.10 Å². The molecule has 2 aromatic carbocycles. The molecule has 0 aromatic heterocycles. The van der Waals surface area contributed by atoms with E-state index in [0.29, 0.717) is 10.8 Å². The molecule has 0 fully saturated rings. The van der Waals surface area contributed by atoms with Gasteiger partial charge >= 0.3 is 5.69 Å². The van der Waals surface area contributed by atoms with E-state index in [1.807, 2.05) is 0 Å². The van der Waals surface area contributed by atoms with Crippen LogP contribution in [-0.4, -0.2) is 16.3 Å². The lowest BCUT2D eigenvalue weighted by molar-refractivity contribution is -0.386. The van der Waals surface area contributed by atoms with Crippen molar-refractivity contribution in [2.75, 3.05) is 0 Å². The molecule has 126 valence electrons. The number of carbonyl (C=O) groups is 1. The molecule has 0 aliphatic rings. The van der Waals surface area contributed by atoms with Crippen molar-refractivity contribution in [1.82, 2.24) is 0 Å². The van der Waals surface area contributed by atoms with Crippen LogP contribution in [0.15, 0.2) is 36.4 Å². The van der Waals surface area contributed by atoms with Gasteiger partial charge in [0.05, 0.1) is 9.95 Å². The second kappa shape index (κ2) is 7.70. The number of hydrogen-bond acceptors (Lipinski definition) is 5. The van der Waals surface area contributed by atoms with Gasteiger partial charge in [-0.15, -0.1) is 0 Å². The van der Waals surface area contributed by atoms with Crippen molar-refractivity contribution in [2.45, 2.75) is 13.0 Å². The minimum atomic E-state index is -1.06. The first kappa shape index (κ1) is 18.3. The average Bonchev–Trinajstić information content (AvgIpc) is 2.50. The fourth-order valence-electron chi connectivity index (χ4n) is 1.72. The first-order valence-electron chi connectivity index (χ1n) is 6.55. The number of carbonyl (C=O) groups excluding carboxylic acids is 1. The minimum Gasteiger partial charge on any atom is -0.474 e. The van der Waals surface area contributed by atoms with Gasteiger partial charge in [-0.1, -0.05) is 23.2 Å². The first-order valence-corrected chi connectivity index (χ1v) is 7.68. The Balaban J connectivity index is 2.34. The van der Waals surface area contributed by atoms with E-state index in [1.54, 1.807) is 12.1 Å². The number of ether oxygens (including phenoxy) is 2. The van der Waals surface area contributed by atoms with Crippen molar-refractivity contribution in [3.8, 4) is 17.2 Å². The summed E-state index contributed by atoms with van der Waals surface area (Å²) < 4.78 is 10.8. The lowest BCUT2D eigenvalue weighted by Crippen LogP contribution is -2.19. The molecule has 2 aromatic rings. The molecule has 0 spiro atoms. The van der Waals surface area contributed by atoms with Gasteiger partial charge in [-0.2, -0.15) is 0 Å². The van der Waals surface area contributed by atoms with Crippen LogP contribution in [0.4, 0.5) is 5.69 Å². The van der Waals surface area contributed by atoms with Gasteiger partial charge in [0.1, 0.15) is 11.5 Å². The number of hydrogen-bond donors (Lipinski definition) is 0. The minimum absolute atomic E-state index is 0.149. The Morgan fingerprint density at radius 1 is 1.17 bits per heavy atom. The molecule has 0 aliphatic heterocycles. The van der Waals surface area contributed by atoms with Crippen molar-refractivity contribution < 1.29 is 19.2 Å². The highest BCUT2D eigenvalue weighted by atomic mass is 35.5. The Kier molecular flexibility index (Phi) is 5.88. The summed E-state index contributed by atoms with van der Waals surface area (Å²) >= 11 is 17.1. The second-order valence-corrected chi connectivity index (χ2v) is 5.84. The Morgan fingerprint density at radius 2 is 1.88 bits per heavy atom. The monoisotopic (exact) mass is 389 g/mol. The van der Waals surface area contributed by atoms with Crippen molar-refractivity contribution in [1.29, 1.82) is 0 Å². The summed E-state index contributed by atoms with van der Waals surface area (Å²) in [6, 6.07) is 8.48. The van der Waals surface area contributed by atoms with E-state index in [2.05, 4.69) is 0 Å². The van der Waals surface area contributed by atoms with E-state index < -0.39 is 16.3 Å². The molecule has 24 heavy (non-hydrogen) atoms. The van der Waals surface area contributed by atoms with Crippen molar-refractivity contribution >= 4 is 45.7 Å². The fourth-order valence-corrected chi connectivity index (χ4v) is 2.22. The standard InChI is InChI=1S/C15H10Cl3NO5/c1-8(15(18)20)23-14-7-10(3-4-12(14)19(21)22)24-13-5-2-9(16)6-11(13)17/h2-8H,1H3. The summed E-state index contributed by atoms with van der Waals surface area (Å²) in [5, 5.41) is 11.0. The van der Waals surface area contributed by atoms with Gasteiger partial charge in [-0.05, 0) is 42.8 Å². The fraction of sp³-hybridized carbons (Fsp3) is 0.133. The molecular formula is C15H10Cl3NO5. The molecule has 1 unspecified atom stereocenters. The van der Waals surface area contributed by atoms with Crippen LogP contribution in [0.2, 0.25) is 10.0 Å². The third-order valence-corrected chi connectivity index (χ3v) is 3.71. The maximum absolute atomic E-state index is 11.1. The van der Waals surface area contributed by atoms with Crippen LogP contribution in [0.5, 0.6) is 17.2 Å². The highest BCUT2D eigenvalue weighted by Crippen LogP contribution is 2.36. The smallest absolute Gasteiger partial charge is 0.311 e. The zero-order chi connectivity index (χ0) is 17.9.